The molecule has 3 heteroatoms. The van der Waals surface area contributed by atoms with Crippen LogP contribution in [0, 0.1) is 6.92 Å². The third-order valence-corrected chi connectivity index (χ3v) is 11.2. The Hall–Kier alpha value is -6.03. The molecule has 0 aliphatic heterocycles. The van der Waals surface area contributed by atoms with Crippen molar-refractivity contribution < 1.29 is 0 Å². The number of pyridine rings is 1. The van der Waals surface area contributed by atoms with Gasteiger partial charge < -0.3 is 0 Å². The molecular formula is C46H30N2S. The van der Waals surface area contributed by atoms with E-state index in [1.165, 1.54) is 69.8 Å². The zero-order valence-corrected chi connectivity index (χ0v) is 27.7. The van der Waals surface area contributed by atoms with Crippen molar-refractivity contribution in [3.05, 3.63) is 169 Å². The summed E-state index contributed by atoms with van der Waals surface area (Å²) in [6.07, 6.45) is 0. The third-order valence-electron chi connectivity index (χ3n) is 9.98. The molecule has 3 heterocycles. The van der Waals surface area contributed by atoms with Crippen LogP contribution in [0.4, 0.5) is 0 Å². The van der Waals surface area contributed by atoms with Crippen LogP contribution in [0.15, 0.2) is 164 Å². The van der Waals surface area contributed by atoms with Crippen LogP contribution in [0.1, 0.15) is 5.56 Å². The number of rotatable bonds is 4. The fourth-order valence-electron chi connectivity index (χ4n) is 7.67. The average molecular weight is 643 g/mol. The third kappa shape index (κ3) is 4.36. The Morgan fingerprint density at radius 1 is 0.469 bits per heavy atom. The quantitative estimate of drug-likeness (QED) is 0.187. The van der Waals surface area contributed by atoms with Gasteiger partial charge in [0.25, 0.3) is 0 Å². The summed E-state index contributed by atoms with van der Waals surface area (Å²) in [5, 5.41) is 6.31. The summed E-state index contributed by atoms with van der Waals surface area (Å²) in [5.41, 5.74) is 11.7. The monoisotopic (exact) mass is 642 g/mol. The number of aromatic nitrogens is 2. The van der Waals surface area contributed by atoms with Crippen molar-refractivity contribution >= 4 is 64.2 Å². The molecule has 10 rings (SSSR count). The highest BCUT2D eigenvalue weighted by atomic mass is 32.1. The molecule has 7 aromatic carbocycles. The van der Waals surface area contributed by atoms with Crippen molar-refractivity contribution in [1.29, 1.82) is 0 Å². The molecule has 0 aliphatic rings. The maximum Gasteiger partial charge on any atom is 0.141 e. The minimum Gasteiger partial charge on any atom is -0.293 e. The second kappa shape index (κ2) is 11.0. The molecule has 49 heavy (non-hydrogen) atoms. The van der Waals surface area contributed by atoms with E-state index in [4.69, 9.17) is 4.98 Å². The first-order chi connectivity index (χ1) is 24.2. The van der Waals surface area contributed by atoms with Crippen LogP contribution in [-0.4, -0.2) is 9.55 Å². The number of fused-ring (bicyclic) bond motifs is 8. The Bertz CT molecular complexity index is 2860. The Morgan fingerprint density at radius 2 is 1.06 bits per heavy atom. The summed E-state index contributed by atoms with van der Waals surface area (Å²) in [6, 6.07) is 59.2. The van der Waals surface area contributed by atoms with Gasteiger partial charge in [-0.15, -0.1) is 11.3 Å². The first kappa shape index (κ1) is 28.0. The number of thiophene rings is 1. The lowest BCUT2D eigenvalue weighted by atomic mass is 9.94. The van der Waals surface area contributed by atoms with Crippen molar-refractivity contribution in [2.45, 2.75) is 6.92 Å². The molecule has 0 saturated heterocycles. The topological polar surface area (TPSA) is 17.8 Å². The van der Waals surface area contributed by atoms with Crippen molar-refractivity contribution in [3.63, 3.8) is 0 Å². The van der Waals surface area contributed by atoms with Crippen LogP contribution >= 0.6 is 11.3 Å². The average Bonchev–Trinajstić information content (AvgIpc) is 3.71. The Morgan fingerprint density at radius 3 is 1.84 bits per heavy atom. The summed E-state index contributed by atoms with van der Waals surface area (Å²) in [4.78, 5) is 5.46. The number of benzene rings is 7. The molecule has 0 fully saturated rings. The number of hydrogen-bond acceptors (Lipinski definition) is 2. The van der Waals surface area contributed by atoms with Gasteiger partial charge in [0.1, 0.15) is 5.82 Å². The minimum atomic E-state index is 0.964. The summed E-state index contributed by atoms with van der Waals surface area (Å²) in [6.45, 7) is 2.24. The predicted octanol–water partition coefficient (Wildman–Crippen LogP) is 13.0. The highest BCUT2D eigenvalue weighted by Gasteiger charge is 2.22. The second-order valence-corrected chi connectivity index (χ2v) is 13.8. The first-order valence-corrected chi connectivity index (χ1v) is 17.5. The highest BCUT2D eigenvalue weighted by molar-refractivity contribution is 7.26. The molecule has 0 bridgehead atoms. The van der Waals surface area contributed by atoms with E-state index in [-0.39, 0.29) is 0 Å². The maximum absolute atomic E-state index is 5.46. The van der Waals surface area contributed by atoms with Gasteiger partial charge in [0.05, 0.1) is 16.6 Å². The fourth-order valence-corrected chi connectivity index (χ4v) is 8.92. The normalized spacial score (nSPS) is 11.8. The van der Waals surface area contributed by atoms with E-state index < -0.39 is 0 Å². The summed E-state index contributed by atoms with van der Waals surface area (Å²) >= 11 is 1.89. The lowest BCUT2D eigenvalue weighted by Crippen LogP contribution is -2.03. The minimum absolute atomic E-state index is 0.964. The van der Waals surface area contributed by atoms with E-state index in [0.717, 1.165) is 27.8 Å². The Labute approximate surface area is 288 Å². The van der Waals surface area contributed by atoms with Crippen LogP contribution in [0.2, 0.25) is 0 Å². The lowest BCUT2D eigenvalue weighted by molar-refractivity contribution is 1.08. The van der Waals surface area contributed by atoms with Gasteiger partial charge in [-0.2, -0.15) is 0 Å². The molecule has 0 saturated carbocycles. The molecule has 0 aliphatic carbocycles. The highest BCUT2D eigenvalue weighted by Crippen LogP contribution is 2.45. The zero-order chi connectivity index (χ0) is 32.5. The molecule has 0 unspecified atom stereocenters. The van der Waals surface area contributed by atoms with Gasteiger partial charge in [0.2, 0.25) is 0 Å². The lowest BCUT2D eigenvalue weighted by Gasteiger charge is -2.18. The van der Waals surface area contributed by atoms with Gasteiger partial charge in [-0.3, -0.25) is 4.57 Å². The summed E-state index contributed by atoms with van der Waals surface area (Å²) in [7, 11) is 0. The van der Waals surface area contributed by atoms with Gasteiger partial charge >= 0.3 is 0 Å². The van der Waals surface area contributed by atoms with Crippen molar-refractivity contribution in [2.24, 2.45) is 0 Å². The molecule has 10 aromatic rings. The van der Waals surface area contributed by atoms with Gasteiger partial charge in [-0.1, -0.05) is 140 Å². The van der Waals surface area contributed by atoms with E-state index in [9.17, 15) is 0 Å². The van der Waals surface area contributed by atoms with Crippen molar-refractivity contribution in [1.82, 2.24) is 9.55 Å². The number of hydrogen-bond donors (Lipinski definition) is 0. The molecule has 230 valence electrons. The van der Waals surface area contributed by atoms with E-state index in [2.05, 4.69) is 175 Å². The zero-order valence-electron chi connectivity index (χ0n) is 26.9. The largest absolute Gasteiger partial charge is 0.293 e. The standard InChI is InChI=1S/C46H30N2S/c1-29-43(33-22-20-32(21-23-33)30-12-4-2-5-13-30)37-17-8-10-18-39(37)47-46(29)48-40-27-26-36-35-16-9-11-19-42(35)49-45(36)44(40)38-25-24-34(28-41(38)48)31-14-6-3-7-15-31/h2-28H,1H3. The van der Waals surface area contributed by atoms with Crippen LogP contribution in [0.3, 0.4) is 0 Å². The van der Waals surface area contributed by atoms with Crippen LogP contribution < -0.4 is 0 Å². The number of nitrogens with zero attached hydrogens (tertiary/aromatic N) is 2. The van der Waals surface area contributed by atoms with Crippen LogP contribution in [0.25, 0.3) is 92.1 Å². The fraction of sp³-hybridized carbons (Fsp3) is 0.0217. The van der Waals surface area contributed by atoms with E-state index in [0.29, 0.717) is 0 Å². The second-order valence-electron chi connectivity index (χ2n) is 12.8. The van der Waals surface area contributed by atoms with Gasteiger partial charge in [0.15, 0.2) is 0 Å². The van der Waals surface area contributed by atoms with E-state index >= 15 is 0 Å². The smallest absolute Gasteiger partial charge is 0.141 e. The maximum atomic E-state index is 5.46. The molecule has 2 nitrogen and oxygen atoms in total. The molecule has 0 amide bonds. The summed E-state index contributed by atoms with van der Waals surface area (Å²) < 4.78 is 5.06. The molecule has 3 aromatic heterocycles. The van der Waals surface area contributed by atoms with Gasteiger partial charge in [-0.25, -0.2) is 4.98 Å². The Balaban J connectivity index is 1.29. The molecule has 0 spiro atoms. The predicted molar refractivity (Wildman–Crippen MR) is 210 cm³/mol. The van der Waals surface area contributed by atoms with E-state index in [1.54, 1.807) is 0 Å². The van der Waals surface area contributed by atoms with Gasteiger partial charge in [-0.05, 0) is 64.6 Å². The van der Waals surface area contributed by atoms with Gasteiger partial charge in [0, 0.05) is 41.9 Å². The molecule has 0 radical (unpaired) electrons. The molecular weight excluding hydrogens is 613 g/mol. The molecule has 0 N–H and O–H groups in total. The van der Waals surface area contributed by atoms with Crippen LogP contribution in [-0.2, 0) is 0 Å². The number of para-hydroxylation sites is 1. The Kier molecular flexibility index (Phi) is 6.30. The summed E-state index contributed by atoms with van der Waals surface area (Å²) in [5.74, 6) is 0.964. The first-order valence-electron chi connectivity index (χ1n) is 16.7. The van der Waals surface area contributed by atoms with Crippen LogP contribution in [0.5, 0.6) is 0 Å². The van der Waals surface area contributed by atoms with E-state index in [1.807, 2.05) is 11.3 Å². The SMILES string of the molecule is Cc1c(-n2c3cc(-c4ccccc4)ccc3c3c4sc5ccccc5c4ccc32)nc2ccccc2c1-c1ccc(-c2ccccc2)cc1. The van der Waals surface area contributed by atoms with Crippen molar-refractivity contribution in [3.8, 4) is 39.2 Å². The molecule has 0 atom stereocenters. The van der Waals surface area contributed by atoms with Crippen molar-refractivity contribution in [2.75, 3.05) is 0 Å².